The second-order valence-corrected chi connectivity index (χ2v) is 6.96. The van der Waals surface area contributed by atoms with E-state index in [-0.39, 0.29) is 11.8 Å². The third kappa shape index (κ3) is 3.16. The minimum absolute atomic E-state index is 0.190. The number of ether oxygens (including phenoxy) is 1. The molecule has 0 aliphatic carbocycles. The maximum absolute atomic E-state index is 12.5. The van der Waals surface area contributed by atoms with E-state index in [2.05, 4.69) is 19.8 Å². The molecule has 0 atom stereocenters. The van der Waals surface area contributed by atoms with Gasteiger partial charge in [0, 0.05) is 5.39 Å². The SMILES string of the molecule is COc1nc(C)c(NS(=O)(=O)Cc2noc3ccccc23)c(C)n1. The van der Waals surface area contributed by atoms with Gasteiger partial charge < -0.3 is 9.26 Å². The summed E-state index contributed by atoms with van der Waals surface area (Å²) in [5.74, 6) is -0.311. The number of para-hydroxylation sites is 1. The lowest BCUT2D eigenvalue weighted by atomic mass is 10.2. The Balaban J connectivity index is 1.90. The molecule has 0 aliphatic heterocycles. The Kier molecular flexibility index (Phi) is 4.10. The van der Waals surface area contributed by atoms with Crippen LogP contribution in [0.5, 0.6) is 6.01 Å². The van der Waals surface area contributed by atoms with Gasteiger partial charge in [-0.1, -0.05) is 17.3 Å². The van der Waals surface area contributed by atoms with Gasteiger partial charge in [0.25, 0.3) is 0 Å². The van der Waals surface area contributed by atoms with Crippen LogP contribution in [0, 0.1) is 13.8 Å². The van der Waals surface area contributed by atoms with Crippen LogP contribution in [-0.4, -0.2) is 30.7 Å². The number of hydrogen-bond donors (Lipinski definition) is 1. The number of fused-ring (bicyclic) bond motifs is 1. The summed E-state index contributed by atoms with van der Waals surface area (Å²) in [6.45, 7) is 3.36. The molecule has 9 heteroatoms. The minimum atomic E-state index is -3.71. The molecule has 0 saturated carbocycles. The largest absolute Gasteiger partial charge is 0.467 e. The Morgan fingerprint density at radius 1 is 1.17 bits per heavy atom. The van der Waals surface area contributed by atoms with Gasteiger partial charge in [-0.3, -0.25) is 4.72 Å². The van der Waals surface area contributed by atoms with Gasteiger partial charge in [0.05, 0.1) is 24.2 Å². The van der Waals surface area contributed by atoms with Crippen molar-refractivity contribution in [3.8, 4) is 6.01 Å². The standard InChI is InChI=1S/C15H16N4O4S/c1-9-14(10(2)17-15(16-9)22-3)19-24(20,21)8-12-11-6-4-5-7-13(11)23-18-12/h4-7,19H,8H2,1-3H3. The average Bonchev–Trinajstić information content (AvgIpc) is 2.93. The number of sulfonamides is 1. The van der Waals surface area contributed by atoms with Crippen LogP contribution in [-0.2, 0) is 15.8 Å². The first kappa shape index (κ1) is 16.2. The van der Waals surface area contributed by atoms with Crippen molar-refractivity contribution < 1.29 is 17.7 Å². The Morgan fingerprint density at radius 3 is 2.50 bits per heavy atom. The Morgan fingerprint density at radius 2 is 1.83 bits per heavy atom. The summed E-state index contributed by atoms with van der Waals surface area (Å²) in [4.78, 5) is 8.18. The first-order chi connectivity index (χ1) is 11.4. The van der Waals surface area contributed by atoms with Crippen LogP contribution in [0.1, 0.15) is 17.1 Å². The molecule has 0 amide bonds. The van der Waals surface area contributed by atoms with Gasteiger partial charge in [0.15, 0.2) is 5.58 Å². The van der Waals surface area contributed by atoms with Crippen LogP contribution >= 0.6 is 0 Å². The second kappa shape index (κ2) is 6.08. The monoisotopic (exact) mass is 348 g/mol. The van der Waals surface area contributed by atoms with E-state index in [9.17, 15) is 8.42 Å². The highest BCUT2D eigenvalue weighted by atomic mass is 32.2. The molecule has 8 nitrogen and oxygen atoms in total. The zero-order valence-corrected chi connectivity index (χ0v) is 14.2. The van der Waals surface area contributed by atoms with Crippen LogP contribution in [0.25, 0.3) is 11.0 Å². The first-order valence-electron chi connectivity index (χ1n) is 7.12. The molecule has 0 saturated heterocycles. The van der Waals surface area contributed by atoms with E-state index < -0.39 is 10.0 Å². The Labute approximate surface area is 138 Å². The Bertz CT molecular complexity index is 975. The number of rotatable bonds is 5. The van der Waals surface area contributed by atoms with E-state index in [1.807, 2.05) is 0 Å². The van der Waals surface area contributed by atoms with Gasteiger partial charge in [-0.15, -0.1) is 0 Å². The van der Waals surface area contributed by atoms with E-state index >= 15 is 0 Å². The highest BCUT2D eigenvalue weighted by Gasteiger charge is 2.20. The highest BCUT2D eigenvalue weighted by molar-refractivity contribution is 7.91. The smallest absolute Gasteiger partial charge is 0.316 e. The minimum Gasteiger partial charge on any atom is -0.467 e. The fourth-order valence-electron chi connectivity index (χ4n) is 2.34. The number of aryl methyl sites for hydroxylation is 2. The lowest BCUT2D eigenvalue weighted by Gasteiger charge is -2.12. The molecule has 0 radical (unpaired) electrons. The van der Waals surface area contributed by atoms with Crippen LogP contribution in [0.2, 0.25) is 0 Å². The number of hydrogen-bond acceptors (Lipinski definition) is 7. The summed E-state index contributed by atoms with van der Waals surface area (Å²) in [6, 6.07) is 7.29. The molecule has 2 heterocycles. The second-order valence-electron chi connectivity index (χ2n) is 5.24. The summed E-state index contributed by atoms with van der Waals surface area (Å²) >= 11 is 0. The molecule has 3 aromatic rings. The lowest BCUT2D eigenvalue weighted by molar-refractivity contribution is 0.378. The maximum atomic E-state index is 12.5. The molecule has 0 aliphatic rings. The van der Waals surface area contributed by atoms with Crippen molar-refractivity contribution in [3.05, 3.63) is 41.3 Å². The van der Waals surface area contributed by atoms with Crippen LogP contribution in [0.15, 0.2) is 28.8 Å². The first-order valence-corrected chi connectivity index (χ1v) is 8.78. The quantitative estimate of drug-likeness (QED) is 0.753. The van der Waals surface area contributed by atoms with Gasteiger partial charge in [-0.05, 0) is 26.0 Å². The molecule has 1 aromatic carbocycles. The number of aromatic nitrogens is 3. The van der Waals surface area contributed by atoms with Crippen molar-refractivity contribution in [1.29, 1.82) is 0 Å². The van der Waals surface area contributed by atoms with E-state index in [0.29, 0.717) is 33.7 Å². The topological polar surface area (TPSA) is 107 Å². The fraction of sp³-hybridized carbons (Fsp3) is 0.267. The van der Waals surface area contributed by atoms with Crippen LogP contribution in [0.4, 0.5) is 5.69 Å². The zero-order chi connectivity index (χ0) is 17.3. The molecule has 2 aromatic heterocycles. The van der Waals surface area contributed by atoms with E-state index in [4.69, 9.17) is 9.26 Å². The molecule has 0 bridgehead atoms. The molecule has 0 fully saturated rings. The summed E-state index contributed by atoms with van der Waals surface area (Å²) in [7, 11) is -2.25. The van der Waals surface area contributed by atoms with Crippen molar-refractivity contribution in [2.45, 2.75) is 19.6 Å². The number of methoxy groups -OCH3 is 1. The fourth-order valence-corrected chi connectivity index (χ4v) is 3.59. The molecular weight excluding hydrogens is 332 g/mol. The molecule has 126 valence electrons. The number of nitrogens with one attached hydrogen (secondary N) is 1. The van der Waals surface area contributed by atoms with Crippen molar-refractivity contribution >= 4 is 26.7 Å². The summed E-state index contributed by atoms with van der Waals surface area (Å²) in [6.07, 6.45) is 0. The van der Waals surface area contributed by atoms with E-state index in [0.717, 1.165) is 0 Å². The van der Waals surface area contributed by atoms with Crippen LogP contribution < -0.4 is 9.46 Å². The molecule has 3 rings (SSSR count). The van der Waals surface area contributed by atoms with Gasteiger partial charge in [0.1, 0.15) is 11.4 Å². The number of anilines is 1. The lowest BCUT2D eigenvalue weighted by Crippen LogP contribution is -2.18. The number of benzene rings is 1. The zero-order valence-electron chi connectivity index (χ0n) is 13.4. The molecular formula is C15H16N4O4S. The van der Waals surface area contributed by atoms with Gasteiger partial charge in [-0.25, -0.2) is 8.42 Å². The van der Waals surface area contributed by atoms with E-state index in [1.54, 1.807) is 38.1 Å². The predicted molar refractivity (Wildman–Crippen MR) is 88.3 cm³/mol. The predicted octanol–water partition coefficient (Wildman–Crippen LogP) is 2.19. The molecule has 0 spiro atoms. The molecule has 24 heavy (non-hydrogen) atoms. The normalized spacial score (nSPS) is 11.6. The van der Waals surface area contributed by atoms with Crippen molar-refractivity contribution in [3.63, 3.8) is 0 Å². The maximum Gasteiger partial charge on any atom is 0.316 e. The van der Waals surface area contributed by atoms with Gasteiger partial charge >= 0.3 is 6.01 Å². The van der Waals surface area contributed by atoms with Crippen molar-refractivity contribution in [1.82, 2.24) is 15.1 Å². The molecule has 1 N–H and O–H groups in total. The average molecular weight is 348 g/mol. The van der Waals surface area contributed by atoms with E-state index in [1.165, 1.54) is 7.11 Å². The molecule has 0 unspecified atom stereocenters. The number of nitrogens with zero attached hydrogens (tertiary/aromatic N) is 3. The van der Waals surface area contributed by atoms with Gasteiger partial charge in [0.2, 0.25) is 10.0 Å². The summed E-state index contributed by atoms with van der Waals surface area (Å²) < 4.78 is 37.6. The van der Waals surface area contributed by atoms with Crippen molar-refractivity contribution in [2.24, 2.45) is 0 Å². The van der Waals surface area contributed by atoms with Crippen LogP contribution in [0.3, 0.4) is 0 Å². The third-order valence-corrected chi connectivity index (χ3v) is 4.64. The summed E-state index contributed by atoms with van der Waals surface area (Å²) in [5.41, 5.74) is 2.19. The third-order valence-electron chi connectivity index (χ3n) is 3.47. The van der Waals surface area contributed by atoms with Gasteiger partial charge in [-0.2, -0.15) is 9.97 Å². The Hall–Kier alpha value is -2.68. The van der Waals surface area contributed by atoms with Crippen molar-refractivity contribution in [2.75, 3.05) is 11.8 Å². The summed E-state index contributed by atoms with van der Waals surface area (Å²) in [5, 5.41) is 4.52. The highest BCUT2D eigenvalue weighted by Crippen LogP contribution is 2.24.